The van der Waals surface area contributed by atoms with Crippen molar-refractivity contribution in [3.05, 3.63) is 53.5 Å². The second kappa shape index (κ2) is 9.48. The quantitative estimate of drug-likeness (QED) is 0.460. The van der Waals surface area contributed by atoms with Gasteiger partial charge in [-0.3, -0.25) is 30.6 Å². The van der Waals surface area contributed by atoms with Gasteiger partial charge in [-0.2, -0.15) is 0 Å². The largest absolute Gasteiger partial charge is 0.459 e. The summed E-state index contributed by atoms with van der Waals surface area (Å²) in [5.74, 6) is -1.17. The topological polar surface area (TPSA) is 112 Å². The molecule has 0 unspecified atom stereocenters. The van der Waals surface area contributed by atoms with Crippen LogP contribution < -0.4 is 21.5 Å². The number of anilines is 1. The van der Waals surface area contributed by atoms with Crippen molar-refractivity contribution in [2.75, 3.05) is 5.32 Å². The van der Waals surface area contributed by atoms with Crippen LogP contribution in [0.1, 0.15) is 34.5 Å². The Morgan fingerprint density at radius 3 is 2.41 bits per heavy atom. The number of nitrogens with one attached hydrogen (secondary N) is 4. The molecule has 8 nitrogen and oxygen atoms in total. The molecule has 27 heavy (non-hydrogen) atoms. The lowest BCUT2D eigenvalue weighted by atomic mass is 10.1. The minimum Gasteiger partial charge on any atom is -0.459 e. The van der Waals surface area contributed by atoms with Gasteiger partial charge in [-0.05, 0) is 61.5 Å². The number of carbonyl (C=O) groups is 3. The number of hydrazine groups is 1. The molecule has 142 valence electrons. The van der Waals surface area contributed by atoms with E-state index in [0.29, 0.717) is 5.69 Å². The summed E-state index contributed by atoms with van der Waals surface area (Å²) in [6, 6.07) is 8.64. The average molecular weight is 388 g/mol. The maximum Gasteiger partial charge on any atom is 0.293 e. The van der Waals surface area contributed by atoms with E-state index in [4.69, 9.17) is 16.6 Å². The minimum absolute atomic E-state index is 0.00591. The van der Waals surface area contributed by atoms with Crippen LogP contribution in [0.4, 0.5) is 5.69 Å². The molecule has 0 radical (unpaired) electrons. The number of amides is 3. The molecular formula is C18H20N4O4S. The van der Waals surface area contributed by atoms with Gasteiger partial charge in [0.1, 0.15) is 0 Å². The molecule has 0 saturated carbocycles. The van der Waals surface area contributed by atoms with Gasteiger partial charge in [0.2, 0.25) is 11.8 Å². The summed E-state index contributed by atoms with van der Waals surface area (Å²) in [5, 5.41) is 4.98. The minimum atomic E-state index is -0.542. The fourth-order valence-electron chi connectivity index (χ4n) is 2.06. The Hall–Kier alpha value is -3.20. The van der Waals surface area contributed by atoms with Crippen LogP contribution >= 0.6 is 12.2 Å². The second-order valence-corrected chi connectivity index (χ2v) is 6.19. The maximum atomic E-state index is 11.9. The number of hydrogen-bond acceptors (Lipinski definition) is 5. The highest BCUT2D eigenvalue weighted by atomic mass is 32.1. The van der Waals surface area contributed by atoms with Crippen molar-refractivity contribution >= 4 is 40.7 Å². The molecule has 0 aliphatic carbocycles. The van der Waals surface area contributed by atoms with Crippen LogP contribution in [0.3, 0.4) is 0 Å². The molecule has 0 aliphatic heterocycles. The first-order chi connectivity index (χ1) is 12.8. The van der Waals surface area contributed by atoms with E-state index in [1.165, 1.54) is 12.3 Å². The number of benzene rings is 1. The maximum absolute atomic E-state index is 11.9. The van der Waals surface area contributed by atoms with Crippen molar-refractivity contribution < 1.29 is 18.8 Å². The van der Waals surface area contributed by atoms with Gasteiger partial charge in [-0.1, -0.05) is 6.07 Å². The molecule has 0 aliphatic rings. The molecule has 0 saturated heterocycles. The normalized spacial score (nSPS) is 10.0. The third kappa shape index (κ3) is 6.55. The van der Waals surface area contributed by atoms with E-state index < -0.39 is 11.8 Å². The van der Waals surface area contributed by atoms with E-state index in [0.717, 1.165) is 11.1 Å². The zero-order valence-electron chi connectivity index (χ0n) is 14.9. The third-order valence-corrected chi connectivity index (χ3v) is 3.86. The number of rotatable bonds is 5. The van der Waals surface area contributed by atoms with Crippen LogP contribution in [0.2, 0.25) is 0 Å². The van der Waals surface area contributed by atoms with Crippen LogP contribution in [0.5, 0.6) is 0 Å². The summed E-state index contributed by atoms with van der Waals surface area (Å²) in [6.45, 7) is 3.94. The lowest BCUT2D eigenvalue weighted by Crippen LogP contribution is -2.48. The number of hydrogen-bond donors (Lipinski definition) is 4. The SMILES string of the molecule is Cc1ccc(NC(=O)CCC(=O)NNC(=S)NC(=O)c2ccco2)cc1C. The Balaban J connectivity index is 1.67. The Morgan fingerprint density at radius 1 is 1.00 bits per heavy atom. The highest BCUT2D eigenvalue weighted by molar-refractivity contribution is 7.80. The highest BCUT2D eigenvalue weighted by Crippen LogP contribution is 2.14. The summed E-state index contributed by atoms with van der Waals surface area (Å²) in [6.07, 6.45) is 1.32. The van der Waals surface area contributed by atoms with Gasteiger partial charge in [0, 0.05) is 18.5 Å². The molecule has 1 heterocycles. The van der Waals surface area contributed by atoms with Crippen molar-refractivity contribution in [1.29, 1.82) is 0 Å². The first-order valence-corrected chi connectivity index (χ1v) is 8.57. The van der Waals surface area contributed by atoms with E-state index in [9.17, 15) is 14.4 Å². The van der Waals surface area contributed by atoms with E-state index in [-0.39, 0.29) is 29.6 Å². The smallest absolute Gasteiger partial charge is 0.293 e. The Kier molecular flexibility index (Phi) is 7.07. The molecule has 4 N–H and O–H groups in total. The third-order valence-electron chi connectivity index (χ3n) is 3.66. The monoisotopic (exact) mass is 388 g/mol. The van der Waals surface area contributed by atoms with Crippen LogP contribution in [0.15, 0.2) is 41.0 Å². The van der Waals surface area contributed by atoms with Crippen molar-refractivity contribution in [2.45, 2.75) is 26.7 Å². The number of furan rings is 1. The standard InChI is InChI=1S/C18H20N4O4S/c1-11-5-6-13(10-12(11)2)19-15(23)7-8-16(24)21-22-18(27)20-17(25)14-4-3-9-26-14/h3-6,9-10H,7-8H2,1-2H3,(H,19,23)(H,21,24)(H2,20,22,25,27). The molecule has 0 fully saturated rings. The van der Waals surface area contributed by atoms with E-state index in [2.05, 4.69) is 21.5 Å². The van der Waals surface area contributed by atoms with Gasteiger partial charge >= 0.3 is 0 Å². The Morgan fingerprint density at radius 2 is 1.74 bits per heavy atom. The second-order valence-electron chi connectivity index (χ2n) is 5.78. The van der Waals surface area contributed by atoms with Gasteiger partial charge in [-0.15, -0.1) is 0 Å². The number of aryl methyl sites for hydroxylation is 2. The summed E-state index contributed by atoms with van der Waals surface area (Å²) in [7, 11) is 0. The molecule has 0 spiro atoms. The number of carbonyl (C=O) groups excluding carboxylic acids is 3. The van der Waals surface area contributed by atoms with Gasteiger partial charge in [0.05, 0.1) is 6.26 Å². The van der Waals surface area contributed by atoms with Crippen LogP contribution in [0, 0.1) is 13.8 Å². The molecule has 3 amide bonds. The zero-order valence-corrected chi connectivity index (χ0v) is 15.7. The van der Waals surface area contributed by atoms with Gasteiger partial charge in [0.15, 0.2) is 10.9 Å². The fourth-order valence-corrected chi connectivity index (χ4v) is 2.21. The fraction of sp³-hybridized carbons (Fsp3) is 0.222. The van der Waals surface area contributed by atoms with Crippen molar-refractivity contribution in [3.63, 3.8) is 0 Å². The lowest BCUT2D eigenvalue weighted by molar-refractivity contribution is -0.124. The highest BCUT2D eigenvalue weighted by Gasteiger charge is 2.11. The predicted molar refractivity (Wildman–Crippen MR) is 104 cm³/mol. The van der Waals surface area contributed by atoms with Crippen molar-refractivity contribution in [3.8, 4) is 0 Å². The molecule has 2 rings (SSSR count). The summed E-state index contributed by atoms with van der Waals surface area (Å²) in [4.78, 5) is 35.4. The zero-order chi connectivity index (χ0) is 19.8. The first kappa shape index (κ1) is 20.1. The van der Waals surface area contributed by atoms with Gasteiger partial charge in [-0.25, -0.2) is 0 Å². The number of thiocarbonyl (C=S) groups is 1. The van der Waals surface area contributed by atoms with Gasteiger partial charge < -0.3 is 9.73 Å². The van der Waals surface area contributed by atoms with E-state index >= 15 is 0 Å². The predicted octanol–water partition coefficient (Wildman–Crippen LogP) is 1.95. The molecule has 2 aromatic rings. The van der Waals surface area contributed by atoms with Gasteiger partial charge in [0.25, 0.3) is 5.91 Å². The van der Waals surface area contributed by atoms with Crippen LogP contribution in [-0.4, -0.2) is 22.8 Å². The molecule has 1 aromatic carbocycles. The molecular weight excluding hydrogens is 368 g/mol. The lowest BCUT2D eigenvalue weighted by Gasteiger charge is -2.10. The van der Waals surface area contributed by atoms with Crippen molar-refractivity contribution in [2.24, 2.45) is 0 Å². The molecule has 1 aromatic heterocycles. The summed E-state index contributed by atoms with van der Waals surface area (Å²) in [5.41, 5.74) is 7.59. The molecule has 0 atom stereocenters. The first-order valence-electron chi connectivity index (χ1n) is 8.16. The van der Waals surface area contributed by atoms with E-state index in [1.54, 1.807) is 6.07 Å². The Labute approximate surface area is 161 Å². The summed E-state index contributed by atoms with van der Waals surface area (Å²) >= 11 is 4.89. The molecule has 0 bridgehead atoms. The Bertz CT molecular complexity index is 849. The molecule has 9 heteroatoms. The van der Waals surface area contributed by atoms with Crippen LogP contribution in [-0.2, 0) is 9.59 Å². The average Bonchev–Trinajstić information content (AvgIpc) is 3.16. The van der Waals surface area contributed by atoms with Crippen LogP contribution in [0.25, 0.3) is 0 Å². The van der Waals surface area contributed by atoms with Crippen molar-refractivity contribution in [1.82, 2.24) is 16.2 Å². The summed E-state index contributed by atoms with van der Waals surface area (Å²) < 4.78 is 4.92. The van der Waals surface area contributed by atoms with E-state index in [1.807, 2.05) is 32.0 Å².